The van der Waals surface area contributed by atoms with Gasteiger partial charge in [-0.05, 0) is 60.4 Å². The minimum atomic E-state index is -0.266. The van der Waals surface area contributed by atoms with E-state index in [9.17, 15) is 4.79 Å². The molecule has 2 heterocycles. The van der Waals surface area contributed by atoms with Gasteiger partial charge in [0.05, 0.1) is 0 Å². The van der Waals surface area contributed by atoms with Crippen molar-refractivity contribution in [3.63, 3.8) is 0 Å². The number of hydrogen-bond acceptors (Lipinski definition) is 5. The lowest BCUT2D eigenvalue weighted by Gasteiger charge is -2.17. The third kappa shape index (κ3) is 5.10. The molecule has 1 N–H and O–H groups in total. The molecule has 0 saturated heterocycles. The van der Waals surface area contributed by atoms with Crippen LogP contribution in [-0.4, -0.2) is 34.7 Å². The van der Waals surface area contributed by atoms with Gasteiger partial charge in [0.1, 0.15) is 0 Å². The lowest BCUT2D eigenvalue weighted by atomic mass is 10.1. The van der Waals surface area contributed by atoms with Crippen LogP contribution in [0.25, 0.3) is 0 Å². The van der Waals surface area contributed by atoms with Crippen LogP contribution in [0.2, 0.25) is 0 Å². The Morgan fingerprint density at radius 1 is 0.963 bits per heavy atom. The van der Waals surface area contributed by atoms with E-state index in [4.69, 9.17) is 0 Å². The Morgan fingerprint density at radius 2 is 1.70 bits per heavy atom. The van der Waals surface area contributed by atoms with Crippen molar-refractivity contribution < 1.29 is 4.79 Å². The van der Waals surface area contributed by atoms with Crippen LogP contribution in [-0.2, 0) is 12.8 Å². The van der Waals surface area contributed by atoms with Crippen molar-refractivity contribution in [1.82, 2.24) is 15.2 Å². The van der Waals surface area contributed by atoms with Crippen LogP contribution in [0.5, 0.6) is 0 Å². The molecule has 0 unspecified atom stereocenters. The van der Waals surface area contributed by atoms with Crippen molar-refractivity contribution in [3.8, 4) is 0 Å². The molecule has 0 aliphatic carbocycles. The highest BCUT2D eigenvalue weighted by Gasteiger charge is 2.10. The van der Waals surface area contributed by atoms with Crippen LogP contribution in [0.15, 0.2) is 60.9 Å². The summed E-state index contributed by atoms with van der Waals surface area (Å²) in [4.78, 5) is 18.4. The molecule has 0 aliphatic rings. The van der Waals surface area contributed by atoms with Gasteiger partial charge in [-0.2, -0.15) is 0 Å². The third-order valence-electron chi connectivity index (χ3n) is 4.38. The average molecular weight is 361 g/mol. The smallest absolute Gasteiger partial charge is 0.276 e. The zero-order valence-electron chi connectivity index (χ0n) is 15.6. The minimum Gasteiger partial charge on any atom is -0.358 e. The number of aromatic nitrogens is 3. The molecule has 0 bridgehead atoms. The molecule has 0 radical (unpaired) electrons. The van der Waals surface area contributed by atoms with E-state index in [1.54, 1.807) is 18.5 Å². The molecule has 3 aromatic rings. The van der Waals surface area contributed by atoms with Crippen LogP contribution >= 0.6 is 0 Å². The van der Waals surface area contributed by atoms with E-state index in [0.717, 1.165) is 30.9 Å². The number of hydrogen-bond donors (Lipinski definition) is 1. The van der Waals surface area contributed by atoms with E-state index in [1.165, 1.54) is 11.1 Å². The molecule has 2 aromatic heterocycles. The van der Waals surface area contributed by atoms with E-state index in [-0.39, 0.29) is 5.91 Å². The number of pyridine rings is 1. The minimum absolute atomic E-state index is 0.266. The number of amides is 1. The summed E-state index contributed by atoms with van der Waals surface area (Å²) in [5.74, 6) is 0.464. The number of benzene rings is 1. The maximum atomic E-state index is 12.3. The highest BCUT2D eigenvalue weighted by molar-refractivity contribution is 6.02. The summed E-state index contributed by atoms with van der Waals surface area (Å²) < 4.78 is 0. The van der Waals surface area contributed by atoms with Gasteiger partial charge in [-0.25, -0.2) is 0 Å². The fourth-order valence-corrected chi connectivity index (χ4v) is 2.63. The summed E-state index contributed by atoms with van der Waals surface area (Å²) in [5, 5.41) is 11.1. The number of anilines is 2. The molecule has 3 rings (SSSR count). The van der Waals surface area contributed by atoms with Gasteiger partial charge in [0.25, 0.3) is 5.91 Å². The summed E-state index contributed by atoms with van der Waals surface area (Å²) in [6, 6.07) is 15.3. The van der Waals surface area contributed by atoms with Crippen molar-refractivity contribution in [1.29, 1.82) is 0 Å². The Hall–Kier alpha value is -3.28. The topological polar surface area (TPSA) is 71.0 Å². The molecular weight excluding hydrogens is 338 g/mol. The molecule has 27 heavy (non-hydrogen) atoms. The maximum absolute atomic E-state index is 12.3. The zero-order chi connectivity index (χ0) is 19.1. The molecule has 0 fully saturated rings. The molecule has 1 amide bonds. The van der Waals surface area contributed by atoms with Gasteiger partial charge in [0.15, 0.2) is 11.5 Å². The number of aryl methyl sites for hydroxylation is 1. The van der Waals surface area contributed by atoms with Crippen LogP contribution in [0.1, 0.15) is 28.5 Å². The van der Waals surface area contributed by atoms with Gasteiger partial charge in [0.2, 0.25) is 0 Å². The molecule has 0 saturated carbocycles. The SMILES string of the molecule is CCc1ccc(NC(=O)c2ccc(N(C)CCc3ccncc3)nn2)cc1. The number of nitrogens with one attached hydrogen (secondary N) is 1. The monoisotopic (exact) mass is 361 g/mol. The summed E-state index contributed by atoms with van der Waals surface area (Å²) in [6.07, 6.45) is 5.43. The van der Waals surface area contributed by atoms with Gasteiger partial charge in [0, 0.05) is 31.7 Å². The first-order valence-corrected chi connectivity index (χ1v) is 9.00. The van der Waals surface area contributed by atoms with Crippen molar-refractivity contribution in [2.45, 2.75) is 19.8 Å². The normalized spacial score (nSPS) is 10.4. The van der Waals surface area contributed by atoms with Crippen molar-refractivity contribution in [2.24, 2.45) is 0 Å². The fraction of sp³-hybridized carbons (Fsp3) is 0.238. The van der Waals surface area contributed by atoms with Crippen LogP contribution in [0, 0.1) is 0 Å². The number of rotatable bonds is 7. The van der Waals surface area contributed by atoms with Gasteiger partial charge in [-0.3, -0.25) is 9.78 Å². The summed E-state index contributed by atoms with van der Waals surface area (Å²) in [7, 11) is 1.96. The summed E-state index contributed by atoms with van der Waals surface area (Å²) in [6.45, 7) is 2.90. The summed E-state index contributed by atoms with van der Waals surface area (Å²) in [5.41, 5.74) is 3.49. The molecule has 6 nitrogen and oxygen atoms in total. The zero-order valence-corrected chi connectivity index (χ0v) is 15.6. The Balaban J connectivity index is 1.57. The Bertz CT molecular complexity index is 863. The van der Waals surface area contributed by atoms with Crippen molar-refractivity contribution in [2.75, 3.05) is 23.8 Å². The second-order valence-electron chi connectivity index (χ2n) is 6.31. The van der Waals surface area contributed by atoms with E-state index in [2.05, 4.69) is 27.4 Å². The van der Waals surface area contributed by atoms with Gasteiger partial charge < -0.3 is 10.2 Å². The van der Waals surface area contributed by atoms with E-state index < -0.39 is 0 Å². The van der Waals surface area contributed by atoms with Crippen LogP contribution in [0.3, 0.4) is 0 Å². The predicted molar refractivity (Wildman–Crippen MR) is 107 cm³/mol. The Kier molecular flexibility index (Phi) is 6.10. The highest BCUT2D eigenvalue weighted by Crippen LogP contribution is 2.13. The Morgan fingerprint density at radius 3 is 2.33 bits per heavy atom. The first-order chi connectivity index (χ1) is 13.2. The van der Waals surface area contributed by atoms with E-state index >= 15 is 0 Å². The third-order valence-corrected chi connectivity index (χ3v) is 4.38. The first kappa shape index (κ1) is 18.5. The molecular formula is C21H23N5O. The second kappa shape index (κ2) is 8.89. The van der Waals surface area contributed by atoms with Gasteiger partial charge in [-0.1, -0.05) is 19.1 Å². The van der Waals surface area contributed by atoms with Gasteiger partial charge in [-0.15, -0.1) is 10.2 Å². The quantitative estimate of drug-likeness (QED) is 0.699. The molecule has 138 valence electrons. The van der Waals surface area contributed by atoms with Gasteiger partial charge >= 0.3 is 0 Å². The summed E-state index contributed by atoms with van der Waals surface area (Å²) >= 11 is 0. The van der Waals surface area contributed by atoms with E-state index in [1.807, 2.05) is 54.4 Å². The Labute approximate surface area is 159 Å². The maximum Gasteiger partial charge on any atom is 0.276 e. The molecule has 1 aromatic carbocycles. The van der Waals surface area contributed by atoms with Crippen LogP contribution in [0.4, 0.5) is 11.5 Å². The van der Waals surface area contributed by atoms with Crippen molar-refractivity contribution in [3.05, 3.63) is 77.7 Å². The fourth-order valence-electron chi connectivity index (χ4n) is 2.63. The lowest BCUT2D eigenvalue weighted by Crippen LogP contribution is -2.22. The molecule has 0 spiro atoms. The average Bonchev–Trinajstić information content (AvgIpc) is 2.73. The molecule has 0 atom stereocenters. The lowest BCUT2D eigenvalue weighted by molar-refractivity contribution is 0.102. The predicted octanol–water partition coefficient (Wildman–Crippen LogP) is 3.37. The standard InChI is InChI=1S/C21H23N5O/c1-3-16-4-6-18(7-5-16)23-21(27)19-8-9-20(25-24-19)26(2)15-12-17-10-13-22-14-11-17/h4-11,13-14H,3,12,15H2,1-2H3,(H,23,27). The number of carbonyl (C=O) groups excluding carboxylic acids is 1. The number of nitrogens with zero attached hydrogens (tertiary/aromatic N) is 4. The largest absolute Gasteiger partial charge is 0.358 e. The molecule has 6 heteroatoms. The highest BCUT2D eigenvalue weighted by atomic mass is 16.1. The number of likely N-dealkylation sites (N-methyl/N-ethyl adjacent to an activating group) is 1. The first-order valence-electron chi connectivity index (χ1n) is 9.00. The van der Waals surface area contributed by atoms with Crippen molar-refractivity contribution >= 4 is 17.4 Å². The molecule has 0 aliphatic heterocycles. The second-order valence-corrected chi connectivity index (χ2v) is 6.31. The number of carbonyl (C=O) groups is 1. The van der Waals surface area contributed by atoms with Crippen LogP contribution < -0.4 is 10.2 Å². The van der Waals surface area contributed by atoms with E-state index in [0.29, 0.717) is 5.69 Å².